The van der Waals surface area contributed by atoms with E-state index in [-0.39, 0.29) is 29.2 Å². The van der Waals surface area contributed by atoms with Crippen molar-refractivity contribution in [3.8, 4) is 0 Å². The SMILES string of the molecule is Cc1[nH]nc(C(=O)O)c1S(=O)(=O)N(C)CC1CC(O)C1. The number of aromatic nitrogens is 2. The summed E-state index contributed by atoms with van der Waals surface area (Å²) in [4.78, 5) is 10.7. The summed E-state index contributed by atoms with van der Waals surface area (Å²) >= 11 is 0. The molecule has 8 nitrogen and oxygen atoms in total. The van der Waals surface area contributed by atoms with Crippen LogP contribution in [0.5, 0.6) is 0 Å². The van der Waals surface area contributed by atoms with Gasteiger partial charge < -0.3 is 10.2 Å². The van der Waals surface area contributed by atoms with Gasteiger partial charge in [0.2, 0.25) is 10.0 Å². The Labute approximate surface area is 116 Å². The maximum absolute atomic E-state index is 12.4. The van der Waals surface area contributed by atoms with E-state index in [1.54, 1.807) is 0 Å². The van der Waals surface area contributed by atoms with E-state index in [9.17, 15) is 18.3 Å². The number of aromatic amines is 1. The van der Waals surface area contributed by atoms with Crippen LogP contribution in [0.15, 0.2) is 4.90 Å². The summed E-state index contributed by atoms with van der Waals surface area (Å²) in [6.45, 7) is 1.72. The van der Waals surface area contributed by atoms with Gasteiger partial charge in [-0.05, 0) is 25.7 Å². The zero-order chi connectivity index (χ0) is 15.1. The van der Waals surface area contributed by atoms with Crippen molar-refractivity contribution in [3.05, 3.63) is 11.4 Å². The molecule has 1 aromatic rings. The third-order valence-corrected chi connectivity index (χ3v) is 5.47. The quantitative estimate of drug-likeness (QED) is 0.692. The van der Waals surface area contributed by atoms with E-state index in [4.69, 9.17) is 5.11 Å². The van der Waals surface area contributed by atoms with Gasteiger partial charge in [0.1, 0.15) is 4.90 Å². The van der Waals surface area contributed by atoms with Crippen LogP contribution < -0.4 is 0 Å². The van der Waals surface area contributed by atoms with Gasteiger partial charge in [-0.1, -0.05) is 0 Å². The van der Waals surface area contributed by atoms with Crippen molar-refractivity contribution >= 4 is 16.0 Å². The Kier molecular flexibility index (Phi) is 3.85. The highest BCUT2D eigenvalue weighted by Gasteiger charge is 2.35. The number of aliphatic hydroxyl groups excluding tert-OH is 1. The Hall–Kier alpha value is -1.45. The molecule has 0 saturated heterocycles. The molecule has 0 spiro atoms. The smallest absolute Gasteiger partial charge is 0.357 e. The lowest BCUT2D eigenvalue weighted by Crippen LogP contribution is -2.39. The van der Waals surface area contributed by atoms with Crippen LogP contribution in [0.1, 0.15) is 29.0 Å². The number of hydrogen-bond acceptors (Lipinski definition) is 5. The van der Waals surface area contributed by atoms with Gasteiger partial charge in [-0.25, -0.2) is 17.5 Å². The topological polar surface area (TPSA) is 124 Å². The number of aryl methyl sites for hydroxylation is 1. The molecule has 1 heterocycles. The molecule has 20 heavy (non-hydrogen) atoms. The monoisotopic (exact) mass is 303 g/mol. The molecular weight excluding hydrogens is 286 g/mol. The molecule has 0 radical (unpaired) electrons. The average Bonchev–Trinajstić information content (AvgIpc) is 2.69. The van der Waals surface area contributed by atoms with E-state index in [1.165, 1.54) is 14.0 Å². The normalized spacial score (nSPS) is 22.8. The van der Waals surface area contributed by atoms with Crippen LogP contribution in [0, 0.1) is 12.8 Å². The van der Waals surface area contributed by atoms with Crippen LogP contribution in [-0.4, -0.2) is 58.8 Å². The first-order valence-electron chi connectivity index (χ1n) is 6.16. The molecular formula is C11H17N3O5S. The number of nitrogens with one attached hydrogen (secondary N) is 1. The minimum absolute atomic E-state index is 0.102. The van der Waals surface area contributed by atoms with Crippen LogP contribution in [0.25, 0.3) is 0 Å². The molecule has 3 N–H and O–H groups in total. The fourth-order valence-corrected chi connectivity index (χ4v) is 3.88. The molecule has 9 heteroatoms. The van der Waals surface area contributed by atoms with Crippen molar-refractivity contribution in [2.45, 2.75) is 30.8 Å². The maximum Gasteiger partial charge on any atom is 0.357 e. The number of hydrogen-bond donors (Lipinski definition) is 3. The molecule has 1 aliphatic carbocycles. The van der Waals surface area contributed by atoms with Gasteiger partial charge in [-0.2, -0.15) is 5.10 Å². The van der Waals surface area contributed by atoms with Crippen LogP contribution in [0.4, 0.5) is 0 Å². The lowest BCUT2D eigenvalue weighted by atomic mass is 9.82. The summed E-state index contributed by atoms with van der Waals surface area (Å²) in [5, 5.41) is 24.1. The van der Waals surface area contributed by atoms with Gasteiger partial charge in [-0.15, -0.1) is 0 Å². The standard InChI is InChI=1S/C11H17N3O5S/c1-6-10(9(11(16)17)13-12-6)20(18,19)14(2)5-7-3-8(15)4-7/h7-8,15H,3-5H2,1-2H3,(H,12,13)(H,16,17). The largest absolute Gasteiger partial charge is 0.476 e. The van der Waals surface area contributed by atoms with Crippen molar-refractivity contribution in [3.63, 3.8) is 0 Å². The summed E-state index contributed by atoms with van der Waals surface area (Å²) in [6.07, 6.45) is 0.771. The Morgan fingerprint density at radius 1 is 1.50 bits per heavy atom. The first-order valence-corrected chi connectivity index (χ1v) is 7.60. The van der Waals surface area contributed by atoms with Crippen LogP contribution in [0.3, 0.4) is 0 Å². The second-order valence-corrected chi connectivity index (χ2v) is 7.09. The van der Waals surface area contributed by atoms with E-state index in [0.29, 0.717) is 12.8 Å². The van der Waals surface area contributed by atoms with E-state index in [2.05, 4.69) is 10.2 Å². The second kappa shape index (κ2) is 5.15. The second-order valence-electron chi connectivity index (χ2n) is 5.11. The lowest BCUT2D eigenvalue weighted by molar-refractivity contribution is 0.0367. The number of aliphatic hydroxyl groups is 1. The summed E-state index contributed by atoms with van der Waals surface area (Å²) in [5.41, 5.74) is -0.300. The number of rotatable bonds is 5. The van der Waals surface area contributed by atoms with Gasteiger partial charge in [0, 0.05) is 13.6 Å². The molecule has 1 aliphatic rings. The fourth-order valence-electron chi connectivity index (χ4n) is 2.35. The molecule has 112 valence electrons. The third-order valence-electron chi connectivity index (χ3n) is 3.49. The molecule has 0 unspecified atom stereocenters. The predicted octanol–water partition coefficient (Wildman–Crippen LogP) is -0.192. The Morgan fingerprint density at radius 3 is 2.60 bits per heavy atom. The molecule has 0 bridgehead atoms. The average molecular weight is 303 g/mol. The molecule has 0 aromatic carbocycles. The lowest BCUT2D eigenvalue weighted by Gasteiger charge is -2.34. The van der Waals surface area contributed by atoms with Crippen LogP contribution >= 0.6 is 0 Å². The number of carbonyl (C=O) groups is 1. The summed E-state index contributed by atoms with van der Waals surface area (Å²) in [6, 6.07) is 0. The zero-order valence-electron chi connectivity index (χ0n) is 11.2. The molecule has 1 fully saturated rings. The number of carboxylic acid groups (broad SMARTS) is 1. The summed E-state index contributed by atoms with van der Waals surface area (Å²) in [5.74, 6) is -1.29. The van der Waals surface area contributed by atoms with Crippen molar-refractivity contribution in [1.82, 2.24) is 14.5 Å². The Morgan fingerprint density at radius 2 is 2.10 bits per heavy atom. The predicted molar refractivity (Wildman–Crippen MR) is 68.8 cm³/mol. The van der Waals surface area contributed by atoms with E-state index in [1.807, 2.05) is 0 Å². The Balaban J connectivity index is 2.25. The number of sulfonamides is 1. The zero-order valence-corrected chi connectivity index (χ0v) is 12.0. The van der Waals surface area contributed by atoms with Gasteiger partial charge in [0.25, 0.3) is 0 Å². The van der Waals surface area contributed by atoms with Gasteiger partial charge in [0.15, 0.2) is 5.69 Å². The fraction of sp³-hybridized carbons (Fsp3) is 0.636. The minimum atomic E-state index is -3.91. The first kappa shape index (κ1) is 14.9. The molecule has 1 saturated carbocycles. The van der Waals surface area contributed by atoms with Crippen molar-refractivity contribution in [2.75, 3.05) is 13.6 Å². The van der Waals surface area contributed by atoms with Crippen molar-refractivity contribution in [1.29, 1.82) is 0 Å². The molecule has 2 rings (SSSR count). The molecule has 0 aliphatic heterocycles. The van der Waals surface area contributed by atoms with E-state index >= 15 is 0 Å². The third kappa shape index (κ3) is 2.56. The van der Waals surface area contributed by atoms with Crippen molar-refractivity contribution in [2.24, 2.45) is 5.92 Å². The number of carboxylic acids is 1. The van der Waals surface area contributed by atoms with Gasteiger partial charge in [0.05, 0.1) is 11.8 Å². The van der Waals surface area contributed by atoms with Crippen LogP contribution in [0.2, 0.25) is 0 Å². The molecule has 0 atom stereocenters. The maximum atomic E-state index is 12.4. The molecule has 1 aromatic heterocycles. The highest BCUT2D eigenvalue weighted by atomic mass is 32.2. The minimum Gasteiger partial charge on any atom is -0.476 e. The summed E-state index contributed by atoms with van der Waals surface area (Å²) in [7, 11) is -2.51. The number of nitrogens with zero attached hydrogens (tertiary/aromatic N) is 2. The first-order chi connectivity index (χ1) is 9.23. The highest BCUT2D eigenvalue weighted by molar-refractivity contribution is 7.89. The highest BCUT2D eigenvalue weighted by Crippen LogP contribution is 2.30. The van der Waals surface area contributed by atoms with Crippen molar-refractivity contribution < 1.29 is 23.4 Å². The number of aromatic carboxylic acids is 1. The van der Waals surface area contributed by atoms with Gasteiger partial charge >= 0.3 is 5.97 Å². The Bertz CT molecular complexity index is 618. The number of H-pyrrole nitrogens is 1. The van der Waals surface area contributed by atoms with E-state index in [0.717, 1.165) is 4.31 Å². The molecule has 0 amide bonds. The summed E-state index contributed by atoms with van der Waals surface area (Å²) < 4.78 is 26.0. The van der Waals surface area contributed by atoms with E-state index < -0.39 is 21.7 Å². The van der Waals surface area contributed by atoms with Crippen LogP contribution in [-0.2, 0) is 10.0 Å². The van der Waals surface area contributed by atoms with Gasteiger partial charge in [-0.3, -0.25) is 5.10 Å².